The zero-order valence-corrected chi connectivity index (χ0v) is 17.9. The molecule has 1 aliphatic heterocycles. The molecule has 1 aliphatic rings. The number of aromatic nitrogens is 2. The Kier molecular flexibility index (Phi) is 5.50. The SMILES string of the molecule is COc1cccc(-c2cnc(C3CCCN3S(=O)(=O)c3ccc([N+](=O)[O-])cc3C)[nH]2)c1. The van der Waals surface area contributed by atoms with Crippen molar-refractivity contribution in [3.05, 3.63) is 70.2 Å². The van der Waals surface area contributed by atoms with Crippen molar-refractivity contribution in [3.63, 3.8) is 0 Å². The van der Waals surface area contributed by atoms with Gasteiger partial charge in [-0.2, -0.15) is 4.31 Å². The highest BCUT2D eigenvalue weighted by Crippen LogP contribution is 2.37. The zero-order chi connectivity index (χ0) is 22.2. The third kappa shape index (κ3) is 3.91. The van der Waals surface area contributed by atoms with Gasteiger partial charge in [-0.1, -0.05) is 12.1 Å². The molecule has 1 atom stereocenters. The summed E-state index contributed by atoms with van der Waals surface area (Å²) in [4.78, 5) is 18.2. The Morgan fingerprint density at radius 1 is 1.26 bits per heavy atom. The molecule has 162 valence electrons. The van der Waals surface area contributed by atoms with E-state index in [-0.39, 0.29) is 10.6 Å². The van der Waals surface area contributed by atoms with Gasteiger partial charge in [0.05, 0.1) is 34.9 Å². The number of nitro benzene ring substituents is 1. The number of H-pyrrole nitrogens is 1. The van der Waals surface area contributed by atoms with E-state index in [9.17, 15) is 18.5 Å². The van der Waals surface area contributed by atoms with Crippen molar-refractivity contribution in [3.8, 4) is 17.0 Å². The molecule has 4 rings (SSSR count). The number of hydrogen-bond acceptors (Lipinski definition) is 6. The van der Waals surface area contributed by atoms with Crippen molar-refractivity contribution >= 4 is 15.7 Å². The van der Waals surface area contributed by atoms with Crippen molar-refractivity contribution in [2.75, 3.05) is 13.7 Å². The van der Waals surface area contributed by atoms with Gasteiger partial charge < -0.3 is 9.72 Å². The number of aryl methyl sites for hydroxylation is 1. The van der Waals surface area contributed by atoms with Gasteiger partial charge in [0, 0.05) is 24.2 Å². The molecule has 0 spiro atoms. The van der Waals surface area contributed by atoms with E-state index in [2.05, 4.69) is 9.97 Å². The van der Waals surface area contributed by atoms with E-state index in [0.717, 1.165) is 11.3 Å². The molecule has 1 N–H and O–H groups in total. The van der Waals surface area contributed by atoms with Gasteiger partial charge >= 0.3 is 0 Å². The van der Waals surface area contributed by atoms with Crippen molar-refractivity contribution < 1.29 is 18.1 Å². The van der Waals surface area contributed by atoms with Gasteiger partial charge in [0.15, 0.2) is 0 Å². The summed E-state index contributed by atoms with van der Waals surface area (Å²) in [5, 5.41) is 11.0. The van der Waals surface area contributed by atoms with Crippen LogP contribution in [0.2, 0.25) is 0 Å². The quantitative estimate of drug-likeness (QED) is 0.458. The topological polar surface area (TPSA) is 118 Å². The summed E-state index contributed by atoms with van der Waals surface area (Å²) in [5.74, 6) is 1.28. The van der Waals surface area contributed by atoms with Crippen LogP contribution in [0.1, 0.15) is 30.3 Å². The normalized spacial score (nSPS) is 17.0. The van der Waals surface area contributed by atoms with Crippen molar-refractivity contribution in [2.45, 2.75) is 30.7 Å². The highest BCUT2D eigenvalue weighted by atomic mass is 32.2. The third-order valence-electron chi connectivity index (χ3n) is 5.45. The fourth-order valence-corrected chi connectivity index (χ4v) is 5.78. The number of nitrogens with zero attached hydrogens (tertiary/aromatic N) is 3. The van der Waals surface area contributed by atoms with E-state index in [1.165, 1.54) is 22.5 Å². The molecule has 10 heteroatoms. The van der Waals surface area contributed by atoms with Crippen LogP contribution in [-0.4, -0.2) is 41.3 Å². The second-order valence-corrected chi connectivity index (χ2v) is 9.25. The number of nitrogens with one attached hydrogen (secondary N) is 1. The lowest BCUT2D eigenvalue weighted by Gasteiger charge is -2.23. The summed E-state index contributed by atoms with van der Waals surface area (Å²) in [7, 11) is -2.25. The van der Waals surface area contributed by atoms with Gasteiger partial charge in [0.2, 0.25) is 10.0 Å². The molecule has 1 aromatic heterocycles. The van der Waals surface area contributed by atoms with Crippen molar-refractivity contribution in [2.24, 2.45) is 0 Å². The maximum absolute atomic E-state index is 13.4. The summed E-state index contributed by atoms with van der Waals surface area (Å²) >= 11 is 0. The first-order chi connectivity index (χ1) is 14.8. The minimum atomic E-state index is -3.84. The summed E-state index contributed by atoms with van der Waals surface area (Å²) in [6, 6.07) is 10.9. The number of imidazole rings is 1. The lowest BCUT2D eigenvalue weighted by molar-refractivity contribution is -0.385. The van der Waals surface area contributed by atoms with E-state index >= 15 is 0 Å². The van der Waals surface area contributed by atoms with Crippen LogP contribution in [0.4, 0.5) is 5.69 Å². The number of methoxy groups -OCH3 is 1. The standard InChI is InChI=1S/C21H22N4O5S/c1-14-11-16(25(26)27)8-9-20(14)31(28,29)24-10-4-7-19(24)21-22-13-18(23-21)15-5-3-6-17(12-15)30-2/h3,5-6,8-9,11-13,19H,4,7,10H2,1-2H3,(H,22,23). The molecule has 1 unspecified atom stereocenters. The summed E-state index contributed by atoms with van der Waals surface area (Å²) in [6.45, 7) is 1.93. The Labute approximate surface area is 179 Å². The van der Waals surface area contributed by atoms with Crippen LogP contribution in [0.15, 0.2) is 53.6 Å². The molecule has 1 saturated heterocycles. The average Bonchev–Trinajstić information content (AvgIpc) is 3.43. The van der Waals surface area contributed by atoms with Crippen LogP contribution in [-0.2, 0) is 10.0 Å². The maximum atomic E-state index is 13.4. The van der Waals surface area contributed by atoms with Gasteiger partial charge in [-0.25, -0.2) is 13.4 Å². The highest BCUT2D eigenvalue weighted by Gasteiger charge is 2.38. The fraction of sp³-hybridized carbons (Fsp3) is 0.286. The molecule has 0 bridgehead atoms. The van der Waals surface area contributed by atoms with Crippen molar-refractivity contribution in [1.29, 1.82) is 0 Å². The first-order valence-electron chi connectivity index (χ1n) is 9.77. The van der Waals surface area contributed by atoms with E-state index in [1.807, 2.05) is 24.3 Å². The number of non-ortho nitro benzene ring substituents is 1. The molecule has 2 aromatic carbocycles. The van der Waals surface area contributed by atoms with Gasteiger partial charge in [0.25, 0.3) is 5.69 Å². The average molecular weight is 442 g/mol. The lowest BCUT2D eigenvalue weighted by Crippen LogP contribution is -2.31. The van der Waals surface area contributed by atoms with Crippen molar-refractivity contribution in [1.82, 2.24) is 14.3 Å². The smallest absolute Gasteiger partial charge is 0.269 e. The van der Waals surface area contributed by atoms with Crippen LogP contribution in [0.5, 0.6) is 5.75 Å². The first-order valence-corrected chi connectivity index (χ1v) is 11.2. The van der Waals surface area contributed by atoms with Crippen LogP contribution in [0, 0.1) is 17.0 Å². The highest BCUT2D eigenvalue weighted by molar-refractivity contribution is 7.89. The number of aromatic amines is 1. The van der Waals surface area contributed by atoms with E-state index < -0.39 is 21.0 Å². The molecule has 2 heterocycles. The number of nitro groups is 1. The molecule has 0 aliphatic carbocycles. The molecule has 31 heavy (non-hydrogen) atoms. The minimum absolute atomic E-state index is 0.0737. The van der Waals surface area contributed by atoms with E-state index in [0.29, 0.717) is 36.5 Å². The van der Waals surface area contributed by atoms with Gasteiger partial charge in [-0.15, -0.1) is 0 Å². The Bertz CT molecular complexity index is 1240. The van der Waals surface area contributed by atoms with Crippen LogP contribution >= 0.6 is 0 Å². The predicted molar refractivity (Wildman–Crippen MR) is 114 cm³/mol. The van der Waals surface area contributed by atoms with E-state index in [1.54, 1.807) is 20.2 Å². The fourth-order valence-electron chi connectivity index (χ4n) is 3.91. The first kappa shape index (κ1) is 21.0. The summed E-state index contributed by atoms with van der Waals surface area (Å²) in [6.07, 6.45) is 3.02. The second-order valence-electron chi connectivity index (χ2n) is 7.39. The molecule has 9 nitrogen and oxygen atoms in total. The molecule has 1 fully saturated rings. The number of ether oxygens (including phenoxy) is 1. The molecular formula is C21H22N4O5S. The van der Waals surface area contributed by atoms with Crippen LogP contribution < -0.4 is 4.74 Å². The second kappa shape index (κ2) is 8.12. The molecule has 3 aromatic rings. The number of sulfonamides is 1. The molecular weight excluding hydrogens is 420 g/mol. The summed E-state index contributed by atoms with van der Waals surface area (Å²) < 4.78 is 33.4. The Hall–Kier alpha value is -3.24. The third-order valence-corrected chi connectivity index (χ3v) is 7.52. The minimum Gasteiger partial charge on any atom is -0.497 e. The van der Waals surface area contributed by atoms with Gasteiger partial charge in [-0.3, -0.25) is 10.1 Å². The van der Waals surface area contributed by atoms with Crippen LogP contribution in [0.3, 0.4) is 0 Å². The Morgan fingerprint density at radius 3 is 2.77 bits per heavy atom. The molecule has 0 amide bonds. The lowest BCUT2D eigenvalue weighted by atomic mass is 10.1. The van der Waals surface area contributed by atoms with Gasteiger partial charge in [0.1, 0.15) is 11.6 Å². The zero-order valence-electron chi connectivity index (χ0n) is 17.1. The number of rotatable bonds is 6. The molecule has 0 saturated carbocycles. The maximum Gasteiger partial charge on any atom is 0.269 e. The Balaban J connectivity index is 1.65. The largest absolute Gasteiger partial charge is 0.497 e. The van der Waals surface area contributed by atoms with E-state index in [4.69, 9.17) is 4.74 Å². The Morgan fingerprint density at radius 2 is 2.06 bits per heavy atom. The van der Waals surface area contributed by atoms with Crippen LogP contribution in [0.25, 0.3) is 11.3 Å². The predicted octanol–water partition coefficient (Wildman–Crippen LogP) is 3.83. The monoisotopic (exact) mass is 442 g/mol. The number of hydrogen-bond donors (Lipinski definition) is 1. The number of benzene rings is 2. The molecule has 0 radical (unpaired) electrons. The summed E-state index contributed by atoms with van der Waals surface area (Å²) in [5.41, 5.74) is 1.86. The van der Waals surface area contributed by atoms with Gasteiger partial charge in [-0.05, 0) is 43.5 Å².